The first-order valence-corrected chi connectivity index (χ1v) is 9.26. The number of piperidine rings is 1. The van der Waals surface area contributed by atoms with E-state index in [2.05, 4.69) is 41.2 Å². The zero-order valence-electron chi connectivity index (χ0n) is 16.5. The van der Waals surface area contributed by atoms with E-state index in [9.17, 15) is 9.59 Å². The first-order valence-electron chi connectivity index (χ1n) is 9.26. The third-order valence-corrected chi connectivity index (χ3v) is 3.92. The number of carbonyl (C=O) groups is 2. The average Bonchev–Trinajstić information content (AvgIpc) is 2.60. The number of nitrogens with one attached hydrogen (secondary N) is 1. The first kappa shape index (κ1) is 22.2. The summed E-state index contributed by atoms with van der Waals surface area (Å²) in [5, 5.41) is 2.45. The number of likely N-dealkylation sites (N-methyl/N-ethyl adjacent to an activating group) is 1. The highest BCUT2D eigenvalue weighted by Gasteiger charge is 2.35. The van der Waals surface area contributed by atoms with E-state index in [0.717, 1.165) is 30.9 Å². The van der Waals surface area contributed by atoms with Gasteiger partial charge in [-0.25, -0.2) is 0 Å². The summed E-state index contributed by atoms with van der Waals surface area (Å²) in [5.41, 5.74) is 2.26. The molecule has 0 aromatic rings. The number of amides is 2. The Morgan fingerprint density at radius 3 is 2.25 bits per heavy atom. The Balaban J connectivity index is 0.00000123. The number of hydrogen-bond donors (Lipinski definition) is 1. The van der Waals surface area contributed by atoms with Crippen molar-refractivity contribution < 1.29 is 9.59 Å². The van der Waals surface area contributed by atoms with Crippen molar-refractivity contribution in [3.05, 3.63) is 23.5 Å². The molecule has 0 spiro atoms. The summed E-state index contributed by atoms with van der Waals surface area (Å²) in [7, 11) is 2.07. The maximum absolute atomic E-state index is 12.1. The number of carbonyl (C=O) groups excluding carboxylic acids is 2. The maximum atomic E-state index is 12.1. The van der Waals surface area contributed by atoms with E-state index in [0.29, 0.717) is 12.8 Å². The molecule has 0 bridgehead atoms. The zero-order chi connectivity index (χ0) is 18.7. The minimum Gasteiger partial charge on any atom is -0.371 e. The molecular weight excluding hydrogens is 302 g/mol. The molecule has 0 radical (unpaired) electrons. The third kappa shape index (κ3) is 5.39. The lowest BCUT2D eigenvalue weighted by atomic mass is 10.0. The van der Waals surface area contributed by atoms with Gasteiger partial charge in [-0.1, -0.05) is 46.8 Å². The van der Waals surface area contributed by atoms with Crippen molar-refractivity contribution in [3.63, 3.8) is 0 Å². The Morgan fingerprint density at radius 2 is 1.75 bits per heavy atom. The molecule has 1 N–H and O–H groups in total. The number of rotatable bonds is 2. The van der Waals surface area contributed by atoms with Gasteiger partial charge in [-0.15, -0.1) is 0 Å². The van der Waals surface area contributed by atoms with Crippen LogP contribution in [-0.2, 0) is 9.59 Å². The molecule has 1 atom stereocenters. The van der Waals surface area contributed by atoms with Crippen LogP contribution in [0.2, 0.25) is 0 Å². The van der Waals surface area contributed by atoms with E-state index in [1.807, 2.05) is 34.6 Å². The molecule has 2 fully saturated rings. The fourth-order valence-electron chi connectivity index (χ4n) is 2.93. The van der Waals surface area contributed by atoms with Gasteiger partial charge in [0.15, 0.2) is 0 Å². The number of nitrogens with zero attached hydrogens (tertiary/aromatic N) is 2. The maximum Gasteiger partial charge on any atom is 0.249 e. The van der Waals surface area contributed by atoms with Crippen LogP contribution in [0.5, 0.6) is 0 Å². The molecule has 2 aliphatic heterocycles. The van der Waals surface area contributed by atoms with Crippen molar-refractivity contribution in [2.75, 3.05) is 20.1 Å². The zero-order valence-corrected chi connectivity index (χ0v) is 16.5. The highest BCUT2D eigenvalue weighted by molar-refractivity contribution is 6.00. The van der Waals surface area contributed by atoms with Gasteiger partial charge in [-0.3, -0.25) is 14.9 Å². The van der Waals surface area contributed by atoms with Crippen LogP contribution in [0.4, 0.5) is 0 Å². The molecule has 2 amide bonds. The molecule has 24 heavy (non-hydrogen) atoms. The van der Waals surface area contributed by atoms with Gasteiger partial charge in [0.05, 0.1) is 11.4 Å². The second-order valence-electron chi connectivity index (χ2n) is 5.25. The quantitative estimate of drug-likeness (QED) is 0.786. The summed E-state index contributed by atoms with van der Waals surface area (Å²) in [6, 6.07) is -0.228. The molecule has 2 aliphatic rings. The van der Waals surface area contributed by atoms with Gasteiger partial charge in [0.1, 0.15) is 6.04 Å². The summed E-state index contributed by atoms with van der Waals surface area (Å²) in [6.45, 7) is 13.8. The summed E-state index contributed by atoms with van der Waals surface area (Å²) in [5.74, 6) is -0.323. The Hall–Kier alpha value is -1.78. The standard InChI is InChI=1S/C15H23N3O2.2C2H6/c1-4-6-12-11(5-2)17(3)9-10-18(12)13-7-8-14(19)16-15(13)20;2*1-2/h5-6,13H,4,7-10H2,1-3H3,(H,16,19,20);2*1-2H3/b11-5+,12-6+;;. The molecule has 2 saturated heterocycles. The van der Waals surface area contributed by atoms with Crippen molar-refractivity contribution in [2.24, 2.45) is 0 Å². The second kappa shape index (κ2) is 11.7. The highest BCUT2D eigenvalue weighted by atomic mass is 16.2. The molecule has 138 valence electrons. The Kier molecular flexibility index (Phi) is 10.8. The van der Waals surface area contributed by atoms with E-state index < -0.39 is 0 Å². The molecular formula is C19H35N3O2. The van der Waals surface area contributed by atoms with Gasteiger partial charge in [0, 0.05) is 26.6 Å². The van der Waals surface area contributed by atoms with Gasteiger partial charge in [-0.05, 0) is 19.8 Å². The van der Waals surface area contributed by atoms with Crippen LogP contribution in [0.15, 0.2) is 23.5 Å². The first-order chi connectivity index (χ1) is 11.6. The van der Waals surface area contributed by atoms with Crippen molar-refractivity contribution in [3.8, 4) is 0 Å². The average molecular weight is 338 g/mol. The number of allylic oxidation sites excluding steroid dienone is 2. The lowest BCUT2D eigenvalue weighted by molar-refractivity contribution is -0.137. The second-order valence-corrected chi connectivity index (χ2v) is 5.25. The van der Waals surface area contributed by atoms with Crippen LogP contribution < -0.4 is 5.32 Å². The number of hydrogen-bond acceptors (Lipinski definition) is 4. The van der Waals surface area contributed by atoms with Crippen molar-refractivity contribution in [2.45, 2.75) is 66.8 Å². The van der Waals surface area contributed by atoms with E-state index >= 15 is 0 Å². The number of imide groups is 1. The molecule has 1 unspecified atom stereocenters. The van der Waals surface area contributed by atoms with Crippen LogP contribution in [0.1, 0.15) is 60.8 Å². The normalized spacial score (nSPS) is 24.0. The highest BCUT2D eigenvalue weighted by Crippen LogP contribution is 2.28. The Morgan fingerprint density at radius 1 is 1.12 bits per heavy atom. The fraction of sp³-hybridized carbons (Fsp3) is 0.684. The van der Waals surface area contributed by atoms with Crippen molar-refractivity contribution in [1.29, 1.82) is 0 Å². The van der Waals surface area contributed by atoms with Gasteiger partial charge >= 0.3 is 0 Å². The minimum absolute atomic E-state index is 0.160. The van der Waals surface area contributed by atoms with Gasteiger partial charge < -0.3 is 9.80 Å². The van der Waals surface area contributed by atoms with Crippen LogP contribution >= 0.6 is 0 Å². The van der Waals surface area contributed by atoms with Crippen LogP contribution in [-0.4, -0.2) is 47.8 Å². The lowest BCUT2D eigenvalue weighted by Crippen LogP contribution is -2.55. The molecule has 0 saturated carbocycles. The summed E-state index contributed by atoms with van der Waals surface area (Å²) < 4.78 is 0. The smallest absolute Gasteiger partial charge is 0.249 e. The Bertz CT molecular complexity index is 469. The van der Waals surface area contributed by atoms with Gasteiger partial charge in [0.2, 0.25) is 11.8 Å². The van der Waals surface area contributed by atoms with Crippen LogP contribution in [0, 0.1) is 0 Å². The molecule has 2 rings (SSSR count). The fourth-order valence-corrected chi connectivity index (χ4v) is 2.93. The van der Waals surface area contributed by atoms with Crippen LogP contribution in [0.3, 0.4) is 0 Å². The summed E-state index contributed by atoms with van der Waals surface area (Å²) in [6.07, 6.45) is 6.19. The van der Waals surface area contributed by atoms with Crippen molar-refractivity contribution >= 4 is 11.8 Å². The van der Waals surface area contributed by atoms with E-state index in [1.165, 1.54) is 0 Å². The third-order valence-electron chi connectivity index (χ3n) is 3.92. The lowest BCUT2D eigenvalue weighted by Gasteiger charge is -2.44. The molecule has 5 heteroatoms. The molecule has 2 heterocycles. The van der Waals surface area contributed by atoms with E-state index in [4.69, 9.17) is 0 Å². The number of piperazine rings is 1. The van der Waals surface area contributed by atoms with Gasteiger partial charge in [0.25, 0.3) is 0 Å². The molecule has 0 aromatic heterocycles. The molecule has 0 aromatic carbocycles. The Labute approximate surface area is 147 Å². The summed E-state index contributed by atoms with van der Waals surface area (Å²) in [4.78, 5) is 27.8. The SMILES string of the molecule is C/C=C1\C(=C/CC)N(C2CCC(=O)NC2=O)CCN1C.CC.CC. The minimum atomic E-state index is -0.228. The topological polar surface area (TPSA) is 52.7 Å². The molecule has 0 aliphatic carbocycles. The predicted octanol–water partition coefficient (Wildman–Crippen LogP) is 3.29. The predicted molar refractivity (Wildman–Crippen MR) is 100 cm³/mol. The summed E-state index contributed by atoms with van der Waals surface area (Å²) >= 11 is 0. The monoisotopic (exact) mass is 337 g/mol. The van der Waals surface area contributed by atoms with E-state index in [-0.39, 0.29) is 17.9 Å². The van der Waals surface area contributed by atoms with Crippen molar-refractivity contribution in [1.82, 2.24) is 15.1 Å². The van der Waals surface area contributed by atoms with E-state index in [1.54, 1.807) is 0 Å². The largest absolute Gasteiger partial charge is 0.371 e. The van der Waals surface area contributed by atoms with Crippen LogP contribution in [0.25, 0.3) is 0 Å². The molecule has 5 nitrogen and oxygen atoms in total. The van der Waals surface area contributed by atoms with Gasteiger partial charge in [-0.2, -0.15) is 0 Å².